The molecular formula is C18H27FN2OS. The second-order valence-electron chi connectivity index (χ2n) is 6.81. The highest BCUT2D eigenvalue weighted by molar-refractivity contribution is 7.99. The maximum absolute atomic E-state index is 13.2. The minimum absolute atomic E-state index is 0.0272. The average Bonchev–Trinajstić information content (AvgIpc) is 2.74. The molecule has 2 rings (SSSR count). The van der Waals surface area contributed by atoms with Crippen molar-refractivity contribution in [3.05, 3.63) is 35.6 Å². The van der Waals surface area contributed by atoms with E-state index in [9.17, 15) is 9.18 Å². The second-order valence-corrected chi connectivity index (χ2v) is 7.89. The second kappa shape index (κ2) is 8.15. The Hall–Kier alpha value is -1.07. The van der Waals surface area contributed by atoms with Crippen LogP contribution < -0.4 is 5.32 Å². The number of carbonyl (C=O) groups is 1. The number of likely N-dealkylation sites (tertiary alicyclic amines) is 1. The lowest BCUT2D eigenvalue weighted by Crippen LogP contribution is -2.41. The largest absolute Gasteiger partial charge is 0.337 e. The molecule has 3 unspecified atom stereocenters. The van der Waals surface area contributed by atoms with Crippen LogP contribution in [0.3, 0.4) is 0 Å². The zero-order chi connectivity index (χ0) is 17.0. The van der Waals surface area contributed by atoms with E-state index in [4.69, 9.17) is 0 Å². The molecule has 0 spiro atoms. The first-order valence-electron chi connectivity index (χ1n) is 8.23. The monoisotopic (exact) mass is 338 g/mol. The Kier molecular flexibility index (Phi) is 6.48. The van der Waals surface area contributed by atoms with Gasteiger partial charge in [-0.25, -0.2) is 4.39 Å². The van der Waals surface area contributed by atoms with E-state index in [0.717, 1.165) is 17.1 Å². The maximum Gasteiger partial charge on any atom is 0.224 e. The highest BCUT2D eigenvalue weighted by atomic mass is 32.2. The van der Waals surface area contributed by atoms with Crippen LogP contribution in [0.15, 0.2) is 24.3 Å². The number of likely N-dealkylation sites (N-methyl/N-ethyl adjacent to an activating group) is 1. The lowest BCUT2D eigenvalue weighted by Gasteiger charge is -2.28. The van der Waals surface area contributed by atoms with E-state index in [1.54, 1.807) is 17.0 Å². The van der Waals surface area contributed by atoms with Gasteiger partial charge >= 0.3 is 0 Å². The summed E-state index contributed by atoms with van der Waals surface area (Å²) in [6.45, 7) is 6.61. The number of nitrogens with zero attached hydrogens (tertiary/aromatic N) is 1. The number of nitrogens with one attached hydrogen (secondary N) is 1. The number of halogens is 1. The van der Waals surface area contributed by atoms with Crippen LogP contribution >= 0.6 is 11.8 Å². The van der Waals surface area contributed by atoms with Gasteiger partial charge in [-0.15, -0.1) is 0 Å². The Morgan fingerprint density at radius 3 is 2.52 bits per heavy atom. The molecule has 3 nitrogen and oxygen atoms in total. The summed E-state index contributed by atoms with van der Waals surface area (Å²) in [4.78, 5) is 13.9. The van der Waals surface area contributed by atoms with Crippen molar-refractivity contribution < 1.29 is 9.18 Å². The van der Waals surface area contributed by atoms with Gasteiger partial charge in [0.15, 0.2) is 0 Å². The smallest absolute Gasteiger partial charge is 0.224 e. The standard InChI is InChI=1S/C18H27FN2OS/c1-12(2)10-23-11-13(3)20-16-9-17(22)21(4)18(16)14-5-7-15(19)8-6-14/h5-8,12-13,16,18,20H,9-11H2,1-4H3. The lowest BCUT2D eigenvalue weighted by molar-refractivity contribution is -0.127. The van der Waals surface area contributed by atoms with Gasteiger partial charge in [0.25, 0.3) is 0 Å². The summed E-state index contributed by atoms with van der Waals surface area (Å²) < 4.78 is 13.2. The van der Waals surface area contributed by atoms with Gasteiger partial charge in [0.05, 0.1) is 6.04 Å². The summed E-state index contributed by atoms with van der Waals surface area (Å²) in [6.07, 6.45) is 0.498. The van der Waals surface area contributed by atoms with Crippen LogP contribution in [0, 0.1) is 11.7 Å². The summed E-state index contributed by atoms with van der Waals surface area (Å²) >= 11 is 1.94. The van der Waals surface area contributed by atoms with E-state index in [1.165, 1.54) is 12.1 Å². The van der Waals surface area contributed by atoms with Crippen LogP contribution in [0.1, 0.15) is 38.8 Å². The van der Waals surface area contributed by atoms with Crippen molar-refractivity contribution in [2.75, 3.05) is 18.6 Å². The number of benzene rings is 1. The predicted octanol–water partition coefficient (Wildman–Crippen LogP) is 3.46. The number of rotatable bonds is 7. The molecule has 3 atom stereocenters. The summed E-state index contributed by atoms with van der Waals surface area (Å²) in [6, 6.07) is 6.87. The molecule has 1 saturated heterocycles. The molecule has 1 aromatic carbocycles. The zero-order valence-corrected chi connectivity index (χ0v) is 15.2. The van der Waals surface area contributed by atoms with E-state index in [1.807, 2.05) is 18.8 Å². The fourth-order valence-corrected chi connectivity index (χ4v) is 4.09. The van der Waals surface area contributed by atoms with Gasteiger partial charge in [0.2, 0.25) is 5.91 Å². The molecule has 128 valence electrons. The quantitative estimate of drug-likeness (QED) is 0.826. The first kappa shape index (κ1) is 18.3. The van der Waals surface area contributed by atoms with E-state index in [0.29, 0.717) is 18.4 Å². The molecule has 1 aromatic rings. The minimum atomic E-state index is -0.247. The van der Waals surface area contributed by atoms with Gasteiger partial charge in [0, 0.05) is 31.3 Å². The van der Waals surface area contributed by atoms with E-state index in [2.05, 4.69) is 26.1 Å². The number of hydrogen-bond acceptors (Lipinski definition) is 3. The molecule has 1 aliphatic rings. The van der Waals surface area contributed by atoms with Crippen molar-refractivity contribution in [3.63, 3.8) is 0 Å². The highest BCUT2D eigenvalue weighted by Crippen LogP contribution is 2.32. The molecule has 1 fully saturated rings. The Bertz CT molecular complexity index is 520. The van der Waals surface area contributed by atoms with E-state index < -0.39 is 0 Å². The van der Waals surface area contributed by atoms with Gasteiger partial charge in [-0.2, -0.15) is 11.8 Å². The van der Waals surface area contributed by atoms with Gasteiger partial charge in [-0.1, -0.05) is 26.0 Å². The first-order chi connectivity index (χ1) is 10.9. The SMILES string of the molecule is CC(C)CSCC(C)NC1CC(=O)N(C)C1c1ccc(F)cc1. The third kappa shape index (κ3) is 4.95. The third-order valence-corrected chi connectivity index (χ3v) is 5.75. The fourth-order valence-electron chi connectivity index (χ4n) is 3.03. The molecule has 1 N–H and O–H groups in total. The molecule has 0 aliphatic carbocycles. The molecule has 1 aliphatic heterocycles. The van der Waals surface area contributed by atoms with Gasteiger partial charge in [-0.05, 0) is 36.3 Å². The first-order valence-corrected chi connectivity index (χ1v) is 9.39. The van der Waals surface area contributed by atoms with Gasteiger partial charge < -0.3 is 10.2 Å². The van der Waals surface area contributed by atoms with Gasteiger partial charge in [-0.3, -0.25) is 4.79 Å². The molecule has 0 radical (unpaired) electrons. The normalized spacial score (nSPS) is 22.9. The van der Waals surface area contributed by atoms with Gasteiger partial charge in [0.1, 0.15) is 5.82 Å². The van der Waals surface area contributed by atoms with Crippen LogP contribution in [-0.2, 0) is 4.79 Å². The molecule has 23 heavy (non-hydrogen) atoms. The van der Waals surface area contributed by atoms with Crippen LogP contribution in [0.4, 0.5) is 4.39 Å². The Morgan fingerprint density at radius 1 is 1.26 bits per heavy atom. The fraction of sp³-hybridized carbons (Fsp3) is 0.611. The molecule has 0 saturated carbocycles. The number of amides is 1. The van der Waals surface area contributed by atoms with E-state index >= 15 is 0 Å². The molecule has 0 bridgehead atoms. The summed E-state index contributed by atoms with van der Waals surface area (Å²) in [5, 5.41) is 3.60. The van der Waals surface area contributed by atoms with Crippen LogP contribution in [0.25, 0.3) is 0 Å². The van der Waals surface area contributed by atoms with Crippen molar-refractivity contribution in [1.82, 2.24) is 10.2 Å². The summed E-state index contributed by atoms with van der Waals surface area (Å²) in [5.41, 5.74) is 0.985. The number of hydrogen-bond donors (Lipinski definition) is 1. The third-order valence-electron chi connectivity index (χ3n) is 4.12. The van der Waals surface area contributed by atoms with Crippen molar-refractivity contribution in [3.8, 4) is 0 Å². The summed E-state index contributed by atoms with van der Waals surface area (Å²) in [7, 11) is 1.83. The van der Waals surface area contributed by atoms with E-state index in [-0.39, 0.29) is 23.8 Å². The predicted molar refractivity (Wildman–Crippen MR) is 95.1 cm³/mol. The molecule has 0 aromatic heterocycles. The molecule has 1 heterocycles. The Balaban J connectivity index is 2.01. The topological polar surface area (TPSA) is 32.3 Å². The number of thioether (sulfide) groups is 1. The Labute approximate surface area is 143 Å². The zero-order valence-electron chi connectivity index (χ0n) is 14.4. The van der Waals surface area contributed by atoms with Crippen molar-refractivity contribution in [1.29, 1.82) is 0 Å². The van der Waals surface area contributed by atoms with Crippen LogP contribution in [0.5, 0.6) is 0 Å². The van der Waals surface area contributed by atoms with Crippen molar-refractivity contribution >= 4 is 17.7 Å². The summed E-state index contributed by atoms with van der Waals surface area (Å²) in [5.74, 6) is 2.76. The Morgan fingerprint density at radius 2 is 1.91 bits per heavy atom. The average molecular weight is 338 g/mol. The molecular weight excluding hydrogens is 311 g/mol. The molecule has 5 heteroatoms. The minimum Gasteiger partial charge on any atom is -0.337 e. The van der Waals surface area contributed by atoms with Crippen molar-refractivity contribution in [2.24, 2.45) is 5.92 Å². The number of carbonyl (C=O) groups excluding carboxylic acids is 1. The molecule has 1 amide bonds. The van der Waals surface area contributed by atoms with Crippen molar-refractivity contribution in [2.45, 2.75) is 45.3 Å². The maximum atomic E-state index is 13.2. The lowest BCUT2D eigenvalue weighted by atomic mass is 9.99. The highest BCUT2D eigenvalue weighted by Gasteiger charge is 2.38. The van der Waals surface area contributed by atoms with Crippen LogP contribution in [-0.4, -0.2) is 41.4 Å². The van der Waals surface area contributed by atoms with Crippen LogP contribution in [0.2, 0.25) is 0 Å².